The maximum atomic E-state index is 9.24. The third kappa shape index (κ3) is 4.04. The van der Waals surface area contributed by atoms with E-state index < -0.39 is 0 Å². The standard InChI is InChI=1S/C17H26O4/c1-17(2)14(9-10-18)21-16(19-3)11-15(17)20-12-13-7-5-4-6-8-13/h4-8,14-16,18H,9-12H2,1-3H3/t14-,15-,16?/m1/s1. The average molecular weight is 294 g/mol. The molecular weight excluding hydrogens is 268 g/mol. The molecule has 4 nitrogen and oxygen atoms in total. The van der Waals surface area contributed by atoms with E-state index in [0.29, 0.717) is 19.4 Å². The summed E-state index contributed by atoms with van der Waals surface area (Å²) >= 11 is 0. The van der Waals surface area contributed by atoms with Gasteiger partial charge in [0.05, 0.1) is 18.8 Å². The lowest BCUT2D eigenvalue weighted by atomic mass is 9.76. The van der Waals surface area contributed by atoms with Gasteiger partial charge in [-0.25, -0.2) is 0 Å². The topological polar surface area (TPSA) is 47.9 Å². The molecule has 0 aliphatic carbocycles. The van der Waals surface area contributed by atoms with Crippen LogP contribution in [-0.4, -0.2) is 37.3 Å². The summed E-state index contributed by atoms with van der Waals surface area (Å²) in [5.74, 6) is 0. The first-order valence-electron chi connectivity index (χ1n) is 7.52. The number of hydrogen-bond acceptors (Lipinski definition) is 4. The van der Waals surface area contributed by atoms with Crippen molar-refractivity contribution < 1.29 is 19.3 Å². The Hall–Kier alpha value is -0.940. The van der Waals surface area contributed by atoms with Crippen LogP contribution in [0.25, 0.3) is 0 Å². The molecule has 1 fully saturated rings. The molecule has 1 saturated heterocycles. The molecular formula is C17H26O4. The van der Waals surface area contributed by atoms with Crippen LogP contribution in [0.4, 0.5) is 0 Å². The van der Waals surface area contributed by atoms with Gasteiger partial charge in [0.2, 0.25) is 0 Å². The van der Waals surface area contributed by atoms with Crippen LogP contribution < -0.4 is 0 Å². The Balaban J connectivity index is 2.04. The van der Waals surface area contributed by atoms with Crippen molar-refractivity contribution in [2.75, 3.05) is 13.7 Å². The molecule has 1 unspecified atom stereocenters. The normalized spacial score (nSPS) is 28.5. The van der Waals surface area contributed by atoms with E-state index >= 15 is 0 Å². The average Bonchev–Trinajstić information content (AvgIpc) is 2.49. The van der Waals surface area contributed by atoms with Gasteiger partial charge in [-0.3, -0.25) is 0 Å². The molecule has 0 radical (unpaired) electrons. The van der Waals surface area contributed by atoms with Crippen LogP contribution in [0.1, 0.15) is 32.3 Å². The van der Waals surface area contributed by atoms with Gasteiger partial charge in [-0.2, -0.15) is 0 Å². The summed E-state index contributed by atoms with van der Waals surface area (Å²) in [7, 11) is 1.65. The van der Waals surface area contributed by atoms with Crippen molar-refractivity contribution in [2.45, 2.75) is 51.8 Å². The molecule has 1 N–H and O–H groups in total. The third-order valence-corrected chi connectivity index (χ3v) is 4.33. The Kier molecular flexibility index (Phi) is 5.76. The van der Waals surface area contributed by atoms with E-state index in [4.69, 9.17) is 14.2 Å². The van der Waals surface area contributed by atoms with Crippen LogP contribution in [0.2, 0.25) is 0 Å². The van der Waals surface area contributed by atoms with E-state index in [-0.39, 0.29) is 30.5 Å². The minimum absolute atomic E-state index is 0.0351. The molecule has 1 aromatic carbocycles. The van der Waals surface area contributed by atoms with Gasteiger partial charge in [0, 0.05) is 25.6 Å². The second-order valence-electron chi connectivity index (χ2n) is 6.14. The largest absolute Gasteiger partial charge is 0.396 e. The van der Waals surface area contributed by atoms with Gasteiger partial charge in [-0.1, -0.05) is 44.2 Å². The van der Waals surface area contributed by atoms with Crippen LogP contribution in [0.15, 0.2) is 30.3 Å². The lowest BCUT2D eigenvalue weighted by molar-refractivity contribution is -0.262. The van der Waals surface area contributed by atoms with Gasteiger partial charge in [-0.05, 0) is 12.0 Å². The summed E-state index contributed by atoms with van der Waals surface area (Å²) in [6.07, 6.45) is 1.00. The molecule has 1 heterocycles. The maximum absolute atomic E-state index is 9.24. The Morgan fingerprint density at radius 3 is 2.62 bits per heavy atom. The number of ether oxygens (including phenoxy) is 3. The zero-order valence-corrected chi connectivity index (χ0v) is 13.1. The third-order valence-electron chi connectivity index (χ3n) is 4.33. The van der Waals surface area contributed by atoms with Crippen molar-refractivity contribution in [1.82, 2.24) is 0 Å². The molecule has 4 heteroatoms. The Morgan fingerprint density at radius 1 is 1.29 bits per heavy atom. The predicted octanol–water partition coefficient (Wildman–Crippen LogP) is 2.74. The second-order valence-corrected chi connectivity index (χ2v) is 6.14. The van der Waals surface area contributed by atoms with E-state index in [9.17, 15) is 5.11 Å². The molecule has 1 aliphatic rings. The summed E-state index contributed by atoms with van der Waals surface area (Å²) in [5, 5.41) is 9.24. The van der Waals surface area contributed by atoms with Crippen molar-refractivity contribution in [3.63, 3.8) is 0 Å². The first-order valence-corrected chi connectivity index (χ1v) is 7.52. The highest BCUT2D eigenvalue weighted by Crippen LogP contribution is 2.40. The molecule has 0 bridgehead atoms. The van der Waals surface area contributed by atoms with Crippen molar-refractivity contribution >= 4 is 0 Å². The number of aliphatic hydroxyl groups excluding tert-OH is 1. The van der Waals surface area contributed by atoms with Gasteiger partial charge < -0.3 is 19.3 Å². The first-order chi connectivity index (χ1) is 10.1. The zero-order chi connectivity index (χ0) is 15.3. The van der Waals surface area contributed by atoms with Crippen LogP contribution in [0.5, 0.6) is 0 Å². The Morgan fingerprint density at radius 2 is 2.00 bits per heavy atom. The molecule has 0 spiro atoms. The minimum atomic E-state index is -0.268. The SMILES string of the molecule is COC1C[C@@H](OCc2ccccc2)C(C)(C)[C@@H](CCO)O1. The summed E-state index contributed by atoms with van der Waals surface area (Å²) in [6, 6.07) is 10.2. The van der Waals surface area contributed by atoms with E-state index in [1.54, 1.807) is 7.11 Å². The van der Waals surface area contributed by atoms with Gasteiger partial charge in [-0.15, -0.1) is 0 Å². The highest BCUT2D eigenvalue weighted by atomic mass is 16.7. The second kappa shape index (κ2) is 7.36. The molecule has 1 aliphatic heterocycles. The van der Waals surface area contributed by atoms with Gasteiger partial charge in [0.25, 0.3) is 0 Å². The fourth-order valence-corrected chi connectivity index (χ4v) is 2.86. The number of rotatable bonds is 6. The van der Waals surface area contributed by atoms with Crippen molar-refractivity contribution in [3.05, 3.63) is 35.9 Å². The molecule has 118 valence electrons. The molecule has 2 rings (SSSR count). The minimum Gasteiger partial charge on any atom is -0.396 e. The van der Waals surface area contributed by atoms with E-state index in [2.05, 4.69) is 26.0 Å². The van der Waals surface area contributed by atoms with E-state index in [1.165, 1.54) is 0 Å². The maximum Gasteiger partial charge on any atom is 0.160 e. The molecule has 21 heavy (non-hydrogen) atoms. The van der Waals surface area contributed by atoms with Crippen LogP contribution in [-0.2, 0) is 20.8 Å². The summed E-state index contributed by atoms with van der Waals surface area (Å²) < 4.78 is 17.4. The van der Waals surface area contributed by atoms with Crippen molar-refractivity contribution in [2.24, 2.45) is 5.41 Å². The van der Waals surface area contributed by atoms with Gasteiger partial charge >= 0.3 is 0 Å². The lowest BCUT2D eigenvalue weighted by Gasteiger charge is -2.47. The highest BCUT2D eigenvalue weighted by molar-refractivity contribution is 5.13. The van der Waals surface area contributed by atoms with E-state index in [1.807, 2.05) is 18.2 Å². The number of hydrogen-bond donors (Lipinski definition) is 1. The van der Waals surface area contributed by atoms with Crippen molar-refractivity contribution in [1.29, 1.82) is 0 Å². The summed E-state index contributed by atoms with van der Waals surface area (Å²) in [4.78, 5) is 0. The molecule has 1 aromatic rings. The fraction of sp³-hybridized carbons (Fsp3) is 0.647. The van der Waals surface area contributed by atoms with Gasteiger partial charge in [0.1, 0.15) is 0 Å². The molecule has 3 atom stereocenters. The monoisotopic (exact) mass is 294 g/mol. The van der Waals surface area contributed by atoms with Crippen LogP contribution in [0.3, 0.4) is 0 Å². The summed E-state index contributed by atoms with van der Waals surface area (Å²) in [6.45, 7) is 4.96. The summed E-state index contributed by atoms with van der Waals surface area (Å²) in [5.41, 5.74) is 1.000. The Labute approximate surface area is 127 Å². The van der Waals surface area contributed by atoms with E-state index in [0.717, 1.165) is 5.56 Å². The Bertz CT molecular complexity index is 418. The van der Waals surface area contributed by atoms with Crippen LogP contribution >= 0.6 is 0 Å². The van der Waals surface area contributed by atoms with Crippen molar-refractivity contribution in [3.8, 4) is 0 Å². The predicted molar refractivity (Wildman–Crippen MR) is 80.8 cm³/mol. The highest BCUT2D eigenvalue weighted by Gasteiger charge is 2.45. The van der Waals surface area contributed by atoms with Crippen LogP contribution in [0, 0.1) is 5.41 Å². The quantitative estimate of drug-likeness (QED) is 0.876. The number of benzene rings is 1. The number of methoxy groups -OCH3 is 1. The lowest BCUT2D eigenvalue weighted by Crippen LogP contribution is -2.52. The fourth-order valence-electron chi connectivity index (χ4n) is 2.86. The smallest absolute Gasteiger partial charge is 0.160 e. The number of aliphatic hydroxyl groups is 1. The zero-order valence-electron chi connectivity index (χ0n) is 13.1. The molecule has 0 aromatic heterocycles. The van der Waals surface area contributed by atoms with Gasteiger partial charge in [0.15, 0.2) is 6.29 Å². The molecule has 0 saturated carbocycles. The molecule has 0 amide bonds. The first kappa shape index (κ1) is 16.4.